The molecule has 0 atom stereocenters. The van der Waals surface area contributed by atoms with E-state index in [1.165, 1.54) is 128 Å². The monoisotopic (exact) mass is 658 g/mol. The Morgan fingerprint density at radius 1 is 0.379 bits per heavy atom. The summed E-state index contributed by atoms with van der Waals surface area (Å²) in [6.45, 7) is 0. The van der Waals surface area contributed by atoms with Crippen LogP contribution in [-0.2, 0) is 1.41 Å². The van der Waals surface area contributed by atoms with Crippen molar-refractivity contribution >= 4 is 53.2 Å². The van der Waals surface area contributed by atoms with Crippen LogP contribution in [-0.4, -0.2) is 35.3 Å². The van der Waals surface area contributed by atoms with Gasteiger partial charge in [0.15, 0.2) is 0 Å². The molecule has 0 unspecified atom stereocenters. The quantitative estimate of drug-likeness (QED) is 0.259. The van der Waals surface area contributed by atoms with Gasteiger partial charge in [-0.1, -0.05) is 0 Å². The first-order valence-corrected chi connectivity index (χ1v) is 29.4. The van der Waals surface area contributed by atoms with Crippen molar-refractivity contribution in [1.29, 1.82) is 0 Å². The molecule has 0 saturated heterocycles. The summed E-state index contributed by atoms with van der Waals surface area (Å²) in [4.78, 5) is 0. The molecule has 4 aliphatic rings. The SMILES string of the molecule is [Cl][Sn]([O][Sn]([Cl])([CH]1CCCCC1)[CH]1CCCCC1)([CH]1CCCCC1)[CH]1CCCCC1. The zero-order valence-electron chi connectivity index (χ0n) is 18.6. The van der Waals surface area contributed by atoms with E-state index in [-0.39, 0.29) is 0 Å². The molecule has 0 spiro atoms. The molecule has 4 aliphatic carbocycles. The molecule has 0 heterocycles. The van der Waals surface area contributed by atoms with Gasteiger partial charge in [0.1, 0.15) is 0 Å². The van der Waals surface area contributed by atoms with Gasteiger partial charge in [-0.25, -0.2) is 0 Å². The van der Waals surface area contributed by atoms with Crippen LogP contribution in [0, 0.1) is 0 Å². The molecule has 4 saturated carbocycles. The molecule has 0 bridgehead atoms. The van der Waals surface area contributed by atoms with Gasteiger partial charge in [0.25, 0.3) is 0 Å². The summed E-state index contributed by atoms with van der Waals surface area (Å²) in [5.41, 5.74) is 0. The van der Waals surface area contributed by atoms with Crippen LogP contribution in [0.4, 0.5) is 0 Å². The summed E-state index contributed by atoms with van der Waals surface area (Å²) >= 11 is -6.56. The molecule has 1 nitrogen and oxygen atoms in total. The van der Waals surface area contributed by atoms with E-state index in [2.05, 4.69) is 0 Å². The van der Waals surface area contributed by atoms with Crippen LogP contribution in [0.3, 0.4) is 0 Å². The first kappa shape index (κ1) is 24.3. The molecule has 4 fully saturated rings. The van der Waals surface area contributed by atoms with E-state index < -0.39 is 35.3 Å². The van der Waals surface area contributed by atoms with Crippen molar-refractivity contribution in [2.45, 2.75) is 144 Å². The van der Waals surface area contributed by atoms with E-state index in [9.17, 15) is 0 Å². The van der Waals surface area contributed by atoms with E-state index in [0.717, 1.165) is 15.7 Å². The minimum atomic E-state index is -3.28. The van der Waals surface area contributed by atoms with Gasteiger partial charge in [0.05, 0.1) is 0 Å². The first-order valence-electron chi connectivity index (χ1n) is 13.2. The van der Waals surface area contributed by atoms with Crippen molar-refractivity contribution in [3.05, 3.63) is 0 Å². The fourth-order valence-electron chi connectivity index (χ4n) is 7.22. The van der Waals surface area contributed by atoms with Crippen molar-refractivity contribution < 1.29 is 1.41 Å². The second-order valence-corrected chi connectivity index (χ2v) is 40.5. The number of hydrogen-bond acceptors (Lipinski definition) is 1. The molecule has 0 N–H and O–H groups in total. The Morgan fingerprint density at radius 2 is 0.586 bits per heavy atom. The van der Waals surface area contributed by atoms with Crippen LogP contribution in [0.2, 0.25) is 15.7 Å². The fraction of sp³-hybridized carbons (Fsp3) is 1.00. The average Bonchev–Trinajstić information content (AvgIpc) is 2.81. The van der Waals surface area contributed by atoms with Crippen molar-refractivity contribution in [2.75, 3.05) is 0 Å². The summed E-state index contributed by atoms with van der Waals surface area (Å²) in [6, 6.07) is 0. The van der Waals surface area contributed by atoms with Gasteiger partial charge in [-0.3, -0.25) is 0 Å². The van der Waals surface area contributed by atoms with Crippen molar-refractivity contribution in [3.63, 3.8) is 0 Å². The van der Waals surface area contributed by atoms with E-state index in [1.807, 2.05) is 0 Å². The van der Waals surface area contributed by atoms with Gasteiger partial charge in [-0.2, -0.15) is 0 Å². The summed E-state index contributed by atoms with van der Waals surface area (Å²) in [5.74, 6) is 0. The summed E-state index contributed by atoms with van der Waals surface area (Å²) in [6.07, 6.45) is 27.7. The van der Waals surface area contributed by atoms with Crippen LogP contribution in [0.1, 0.15) is 128 Å². The van der Waals surface area contributed by atoms with Gasteiger partial charge >= 0.3 is 199 Å². The molecule has 168 valence electrons. The molecule has 4 rings (SSSR count). The van der Waals surface area contributed by atoms with Crippen LogP contribution in [0.15, 0.2) is 0 Å². The van der Waals surface area contributed by atoms with Crippen molar-refractivity contribution in [1.82, 2.24) is 0 Å². The second kappa shape index (κ2) is 11.5. The molecular formula is C24H44Cl2OSn2. The third kappa shape index (κ3) is 5.80. The Kier molecular flexibility index (Phi) is 9.64. The predicted molar refractivity (Wildman–Crippen MR) is 132 cm³/mol. The molecule has 5 heteroatoms. The molecule has 0 radical (unpaired) electrons. The molecule has 29 heavy (non-hydrogen) atoms. The third-order valence-corrected chi connectivity index (χ3v) is 57.3. The van der Waals surface area contributed by atoms with E-state index in [4.69, 9.17) is 19.3 Å². The Bertz CT molecular complexity index is 413. The van der Waals surface area contributed by atoms with E-state index in [1.54, 1.807) is 0 Å². The van der Waals surface area contributed by atoms with E-state index >= 15 is 0 Å². The predicted octanol–water partition coefficient (Wildman–Crippen LogP) is 9.70. The Morgan fingerprint density at radius 3 is 0.793 bits per heavy atom. The summed E-state index contributed by atoms with van der Waals surface area (Å²) < 4.78 is 10.8. The topological polar surface area (TPSA) is 9.23 Å². The van der Waals surface area contributed by atoms with Gasteiger partial charge in [-0.15, -0.1) is 0 Å². The van der Waals surface area contributed by atoms with Crippen molar-refractivity contribution in [3.8, 4) is 0 Å². The maximum atomic E-state index is 7.98. The fourth-order valence-corrected chi connectivity index (χ4v) is 69.0. The van der Waals surface area contributed by atoms with Crippen LogP contribution < -0.4 is 0 Å². The zero-order valence-corrected chi connectivity index (χ0v) is 25.8. The van der Waals surface area contributed by atoms with Crippen LogP contribution in [0.25, 0.3) is 0 Å². The van der Waals surface area contributed by atoms with E-state index in [0.29, 0.717) is 0 Å². The maximum absolute atomic E-state index is 7.98. The Hall–Kier alpha value is 2.14. The van der Waals surface area contributed by atoms with Gasteiger partial charge in [0.2, 0.25) is 0 Å². The van der Waals surface area contributed by atoms with Crippen LogP contribution >= 0.6 is 17.8 Å². The first-order chi connectivity index (χ1) is 14.1. The molecule has 0 amide bonds. The van der Waals surface area contributed by atoms with Gasteiger partial charge in [-0.05, 0) is 0 Å². The van der Waals surface area contributed by atoms with Gasteiger partial charge in [0, 0.05) is 0 Å². The van der Waals surface area contributed by atoms with Crippen molar-refractivity contribution in [2.24, 2.45) is 0 Å². The summed E-state index contributed by atoms with van der Waals surface area (Å²) in [5, 5.41) is 0. The Labute approximate surface area is 197 Å². The second-order valence-electron chi connectivity index (χ2n) is 10.8. The zero-order chi connectivity index (χ0) is 20.2. The average molecular weight is 657 g/mol. The number of rotatable bonds is 6. The standard InChI is InChI=1S/4C6H11.2ClH.O.2Sn/c4*1-2-4-6-5-3-1;;;;;/h4*1H,2-6H2;2*1H;;;/q;;;;;;;2*+1/p-2. The molecule has 0 aliphatic heterocycles. The summed E-state index contributed by atoms with van der Waals surface area (Å²) in [7, 11) is 16.0. The third-order valence-electron chi connectivity index (χ3n) is 8.96. The normalized spacial score (nSPS) is 27.9. The molecule has 0 aromatic heterocycles. The van der Waals surface area contributed by atoms with Gasteiger partial charge < -0.3 is 0 Å². The Balaban J connectivity index is 1.62. The number of halogens is 2. The van der Waals surface area contributed by atoms with Crippen LogP contribution in [0.5, 0.6) is 0 Å². The molecule has 0 aromatic rings. The molecular weight excluding hydrogens is 613 g/mol. The minimum absolute atomic E-state index is 0.754. The molecule has 0 aromatic carbocycles. The number of hydrogen-bond donors (Lipinski definition) is 0.